The van der Waals surface area contributed by atoms with Crippen molar-refractivity contribution in [3.05, 3.63) is 81.7 Å². The predicted octanol–water partition coefficient (Wildman–Crippen LogP) is 4.96. The van der Waals surface area contributed by atoms with E-state index in [1.54, 1.807) is 29.6 Å². The van der Waals surface area contributed by atoms with E-state index in [9.17, 15) is 14.0 Å². The molecule has 2 aromatic carbocycles. The molecule has 2 heterocycles. The predicted molar refractivity (Wildman–Crippen MR) is 113 cm³/mol. The highest BCUT2D eigenvalue weighted by Crippen LogP contribution is 2.31. The molecule has 0 spiro atoms. The van der Waals surface area contributed by atoms with Crippen molar-refractivity contribution in [3.63, 3.8) is 0 Å². The number of aromatic nitrogens is 1. The fourth-order valence-electron chi connectivity index (χ4n) is 2.75. The minimum absolute atomic E-state index is 0.0586. The van der Waals surface area contributed by atoms with E-state index < -0.39 is 11.8 Å². The topological polar surface area (TPSA) is 71.9 Å². The summed E-state index contributed by atoms with van der Waals surface area (Å²) in [4.78, 5) is 34.4. The Morgan fingerprint density at radius 1 is 1.23 bits per heavy atom. The average molecular weight is 442 g/mol. The summed E-state index contributed by atoms with van der Waals surface area (Å²) < 4.78 is 18.2. The van der Waals surface area contributed by atoms with Gasteiger partial charge in [0, 0.05) is 22.9 Å². The van der Waals surface area contributed by atoms with Gasteiger partial charge in [-0.25, -0.2) is 19.2 Å². The number of carbonyl (C=O) groups excluding carboxylic acids is 2. The van der Waals surface area contributed by atoms with Gasteiger partial charge in [-0.05, 0) is 48.5 Å². The number of nitrogens with zero attached hydrogens (tertiary/aromatic N) is 3. The summed E-state index contributed by atoms with van der Waals surface area (Å²) in [5.74, 6) is -1.18. The summed E-state index contributed by atoms with van der Waals surface area (Å²) in [5, 5.41) is 2.61. The number of thiazole rings is 1. The van der Waals surface area contributed by atoms with E-state index in [-0.39, 0.29) is 17.5 Å². The van der Waals surface area contributed by atoms with Crippen LogP contribution < -0.4 is 4.90 Å². The lowest BCUT2D eigenvalue weighted by Gasteiger charge is -2.18. The minimum Gasteiger partial charge on any atom is -0.402 e. The Balaban J connectivity index is 1.63. The first kappa shape index (κ1) is 19.9. The maximum absolute atomic E-state index is 13.1. The number of amides is 1. The second-order valence-corrected chi connectivity index (χ2v) is 7.51. The van der Waals surface area contributed by atoms with Gasteiger partial charge in [0.15, 0.2) is 10.8 Å². The van der Waals surface area contributed by atoms with Crippen molar-refractivity contribution < 1.29 is 18.7 Å². The lowest BCUT2D eigenvalue weighted by molar-refractivity contribution is -0.130. The molecule has 0 bridgehead atoms. The fraction of sp³-hybridized carbons (Fsp3) is 0.0476. The van der Waals surface area contributed by atoms with E-state index in [4.69, 9.17) is 16.3 Å². The molecule has 1 aliphatic rings. The molecule has 150 valence electrons. The number of hydrogen-bond acceptors (Lipinski definition) is 6. The average Bonchev–Trinajstić information content (AvgIpc) is 3.30. The zero-order valence-corrected chi connectivity index (χ0v) is 17.1. The van der Waals surface area contributed by atoms with Crippen LogP contribution in [0.2, 0.25) is 5.02 Å². The van der Waals surface area contributed by atoms with Crippen molar-refractivity contribution >= 4 is 57.6 Å². The Morgan fingerprint density at radius 3 is 2.70 bits per heavy atom. The van der Waals surface area contributed by atoms with E-state index in [1.165, 1.54) is 53.5 Å². The van der Waals surface area contributed by atoms with Gasteiger partial charge in [0.2, 0.25) is 11.8 Å². The molecule has 0 radical (unpaired) electrons. The van der Waals surface area contributed by atoms with Crippen molar-refractivity contribution in [1.82, 2.24) is 4.98 Å². The highest BCUT2D eigenvalue weighted by molar-refractivity contribution is 7.14. The highest BCUT2D eigenvalue weighted by Gasteiger charge is 2.25. The van der Waals surface area contributed by atoms with Crippen molar-refractivity contribution in [2.45, 2.75) is 6.92 Å². The van der Waals surface area contributed by atoms with E-state index in [0.717, 1.165) is 0 Å². The maximum Gasteiger partial charge on any atom is 0.363 e. The summed E-state index contributed by atoms with van der Waals surface area (Å²) in [6, 6.07) is 12.3. The van der Waals surface area contributed by atoms with E-state index in [1.807, 2.05) is 0 Å². The summed E-state index contributed by atoms with van der Waals surface area (Å²) in [6.45, 7) is 1.42. The highest BCUT2D eigenvalue weighted by atomic mass is 35.5. The molecule has 0 aliphatic carbocycles. The molecule has 0 atom stereocenters. The Hall–Kier alpha value is -3.36. The van der Waals surface area contributed by atoms with Crippen molar-refractivity contribution in [1.29, 1.82) is 0 Å². The molecule has 30 heavy (non-hydrogen) atoms. The van der Waals surface area contributed by atoms with Crippen LogP contribution in [-0.4, -0.2) is 22.8 Å². The number of cyclic esters (lactones) is 1. The van der Waals surface area contributed by atoms with Gasteiger partial charge in [-0.1, -0.05) is 17.7 Å². The SMILES string of the molecule is CC(=O)N(c1cccc(Cl)c1)c1nc(/C=C2/N=C(c3ccc(F)cc3)OC2=O)cs1. The third kappa shape index (κ3) is 4.14. The third-order valence-corrected chi connectivity index (χ3v) is 5.16. The van der Waals surface area contributed by atoms with Crippen LogP contribution in [0.3, 0.4) is 0 Å². The molecule has 0 fully saturated rings. The minimum atomic E-state index is -0.637. The van der Waals surface area contributed by atoms with Gasteiger partial charge in [0.25, 0.3) is 0 Å². The number of esters is 1. The third-order valence-electron chi connectivity index (χ3n) is 4.08. The van der Waals surface area contributed by atoms with E-state index in [2.05, 4.69) is 9.98 Å². The van der Waals surface area contributed by atoms with Crippen LogP contribution in [0.25, 0.3) is 6.08 Å². The van der Waals surface area contributed by atoms with Gasteiger partial charge < -0.3 is 4.74 Å². The van der Waals surface area contributed by atoms with Crippen LogP contribution in [0.1, 0.15) is 18.2 Å². The number of hydrogen-bond donors (Lipinski definition) is 0. The molecule has 1 amide bonds. The molecule has 9 heteroatoms. The Labute approximate surface area is 179 Å². The van der Waals surface area contributed by atoms with Gasteiger partial charge in [0.1, 0.15) is 5.82 Å². The first-order valence-electron chi connectivity index (χ1n) is 8.71. The summed E-state index contributed by atoms with van der Waals surface area (Å²) >= 11 is 7.27. The van der Waals surface area contributed by atoms with Gasteiger partial charge in [0.05, 0.1) is 11.4 Å². The van der Waals surface area contributed by atoms with Crippen LogP contribution in [-0.2, 0) is 14.3 Å². The standard InChI is InChI=1S/C21H13ClFN3O3S/c1-12(27)26(17-4-2-3-14(22)9-17)21-24-16(11-30-21)10-18-20(28)29-19(25-18)13-5-7-15(23)8-6-13/h2-11H,1H3/b18-10+. The van der Waals surface area contributed by atoms with Gasteiger partial charge in [-0.3, -0.25) is 9.69 Å². The molecule has 0 N–H and O–H groups in total. The van der Waals surface area contributed by atoms with Crippen molar-refractivity contribution in [3.8, 4) is 0 Å². The number of ether oxygens (including phenoxy) is 1. The molecule has 6 nitrogen and oxygen atoms in total. The number of anilines is 2. The van der Waals surface area contributed by atoms with E-state index in [0.29, 0.717) is 27.1 Å². The lowest BCUT2D eigenvalue weighted by atomic mass is 10.2. The number of carbonyl (C=O) groups is 2. The zero-order valence-electron chi connectivity index (χ0n) is 15.5. The molecule has 3 aromatic rings. The first-order chi connectivity index (χ1) is 14.4. The van der Waals surface area contributed by atoms with Crippen LogP contribution in [0.5, 0.6) is 0 Å². The van der Waals surface area contributed by atoms with Crippen LogP contribution >= 0.6 is 22.9 Å². The summed E-state index contributed by atoms with van der Waals surface area (Å²) in [7, 11) is 0. The first-order valence-corrected chi connectivity index (χ1v) is 9.97. The van der Waals surface area contributed by atoms with Crippen molar-refractivity contribution in [2.24, 2.45) is 4.99 Å². The number of halogens is 2. The molecule has 0 unspecified atom stereocenters. The zero-order chi connectivity index (χ0) is 21.3. The second kappa shape index (κ2) is 8.17. The summed E-state index contributed by atoms with van der Waals surface area (Å²) in [5.41, 5.74) is 1.57. The molecule has 0 saturated carbocycles. The van der Waals surface area contributed by atoms with Gasteiger partial charge >= 0.3 is 5.97 Å². The molecule has 1 aromatic heterocycles. The smallest absolute Gasteiger partial charge is 0.363 e. The van der Waals surface area contributed by atoms with Crippen molar-refractivity contribution in [2.75, 3.05) is 4.90 Å². The van der Waals surface area contributed by atoms with Crippen LogP contribution in [0.15, 0.2) is 64.6 Å². The molecular weight excluding hydrogens is 429 g/mol. The number of aliphatic imine (C=N–C) groups is 1. The molecule has 4 rings (SSSR count). The van der Waals surface area contributed by atoms with Crippen LogP contribution in [0, 0.1) is 5.82 Å². The summed E-state index contributed by atoms with van der Waals surface area (Å²) in [6.07, 6.45) is 1.47. The Bertz CT molecular complexity index is 1200. The Morgan fingerprint density at radius 2 is 2.00 bits per heavy atom. The molecule has 0 saturated heterocycles. The molecular formula is C21H13ClFN3O3S. The monoisotopic (exact) mass is 441 g/mol. The second-order valence-electron chi connectivity index (χ2n) is 6.23. The number of rotatable bonds is 4. The molecule has 1 aliphatic heterocycles. The maximum atomic E-state index is 13.1. The van der Waals surface area contributed by atoms with E-state index >= 15 is 0 Å². The van der Waals surface area contributed by atoms with Gasteiger partial charge in [-0.15, -0.1) is 11.3 Å². The largest absolute Gasteiger partial charge is 0.402 e. The lowest BCUT2D eigenvalue weighted by Crippen LogP contribution is -2.22. The quantitative estimate of drug-likeness (QED) is 0.423. The Kier molecular flexibility index (Phi) is 5.43. The normalized spacial score (nSPS) is 14.6. The fourth-order valence-corrected chi connectivity index (χ4v) is 3.78. The van der Waals surface area contributed by atoms with Gasteiger partial charge in [-0.2, -0.15) is 0 Å². The number of benzene rings is 2. The van der Waals surface area contributed by atoms with Crippen LogP contribution in [0.4, 0.5) is 15.2 Å².